The third-order valence-corrected chi connectivity index (χ3v) is 6.82. The Morgan fingerprint density at radius 1 is 1.18 bits per heavy atom. The number of hydrogen-bond acceptors (Lipinski definition) is 2. The summed E-state index contributed by atoms with van der Waals surface area (Å²) in [6.07, 6.45) is 4.95. The van der Waals surface area contributed by atoms with Crippen molar-refractivity contribution in [3.05, 3.63) is 35.4 Å². The summed E-state index contributed by atoms with van der Waals surface area (Å²) in [6.45, 7) is 4.08. The average molecular weight is 296 g/mol. The van der Waals surface area contributed by atoms with E-state index in [1.165, 1.54) is 30.4 Å². The Labute approximate surface area is 132 Å². The van der Waals surface area contributed by atoms with Crippen LogP contribution in [0, 0.1) is 30.6 Å². The predicted octanol–water partition coefficient (Wildman–Crippen LogP) is 2.65. The molecule has 1 amide bonds. The van der Waals surface area contributed by atoms with Crippen molar-refractivity contribution in [3.8, 4) is 0 Å². The molecule has 4 aliphatic rings. The molecule has 1 aromatic rings. The largest absolute Gasteiger partial charge is 0.320 e. The Hall–Kier alpha value is -1.35. The van der Waals surface area contributed by atoms with Crippen molar-refractivity contribution in [2.75, 3.05) is 13.1 Å². The van der Waals surface area contributed by atoms with Crippen molar-refractivity contribution < 1.29 is 4.79 Å². The number of carbonyl (C=O) groups is 1. The molecular weight excluding hydrogens is 272 g/mol. The highest BCUT2D eigenvalue weighted by molar-refractivity contribution is 5.84. The number of fused-ring (bicyclic) bond motifs is 7. The Morgan fingerprint density at radius 3 is 2.77 bits per heavy atom. The topological polar surface area (TPSA) is 32.3 Å². The number of amides is 1. The van der Waals surface area contributed by atoms with E-state index in [0.29, 0.717) is 17.7 Å². The second-order valence-corrected chi connectivity index (χ2v) is 7.79. The third-order valence-electron chi connectivity index (χ3n) is 6.82. The molecule has 2 bridgehead atoms. The quantitative estimate of drug-likeness (QED) is 0.864. The van der Waals surface area contributed by atoms with Gasteiger partial charge in [0.1, 0.15) is 5.66 Å². The second kappa shape index (κ2) is 4.35. The van der Waals surface area contributed by atoms with Crippen LogP contribution in [0.4, 0.5) is 0 Å². The maximum absolute atomic E-state index is 13.1. The van der Waals surface area contributed by atoms with Crippen LogP contribution in [0.3, 0.4) is 0 Å². The van der Waals surface area contributed by atoms with Crippen LogP contribution in [0.2, 0.25) is 0 Å². The first-order chi connectivity index (χ1) is 10.7. The predicted molar refractivity (Wildman–Crippen MR) is 85.0 cm³/mol. The number of rotatable bonds is 1. The number of benzene rings is 1. The van der Waals surface area contributed by atoms with Crippen molar-refractivity contribution in [1.82, 2.24) is 10.2 Å². The summed E-state index contributed by atoms with van der Waals surface area (Å²) < 4.78 is 0. The van der Waals surface area contributed by atoms with Gasteiger partial charge in [-0.15, -0.1) is 0 Å². The number of aryl methyl sites for hydroxylation is 1. The highest BCUT2D eigenvalue weighted by Crippen LogP contribution is 2.63. The van der Waals surface area contributed by atoms with Gasteiger partial charge in [0, 0.05) is 18.4 Å². The van der Waals surface area contributed by atoms with Crippen molar-refractivity contribution in [2.24, 2.45) is 23.7 Å². The zero-order valence-electron chi connectivity index (χ0n) is 13.2. The fourth-order valence-corrected chi connectivity index (χ4v) is 6.06. The summed E-state index contributed by atoms with van der Waals surface area (Å²) in [5, 5.41) is 3.82. The van der Waals surface area contributed by atoms with Crippen molar-refractivity contribution in [2.45, 2.75) is 38.3 Å². The van der Waals surface area contributed by atoms with Crippen molar-refractivity contribution >= 4 is 5.91 Å². The van der Waals surface area contributed by atoms with Crippen LogP contribution in [-0.4, -0.2) is 23.9 Å². The van der Waals surface area contributed by atoms with Gasteiger partial charge < -0.3 is 4.90 Å². The summed E-state index contributed by atoms with van der Waals surface area (Å²) in [5.41, 5.74) is 2.38. The third kappa shape index (κ3) is 1.43. The Kier molecular flexibility index (Phi) is 2.59. The maximum atomic E-state index is 13.1. The van der Waals surface area contributed by atoms with E-state index in [1.54, 1.807) is 0 Å². The highest BCUT2D eigenvalue weighted by Gasteiger charge is 2.68. The number of nitrogens with zero attached hydrogens (tertiary/aromatic N) is 1. The summed E-state index contributed by atoms with van der Waals surface area (Å²) in [6, 6.07) is 8.90. The van der Waals surface area contributed by atoms with Crippen LogP contribution < -0.4 is 5.32 Å². The van der Waals surface area contributed by atoms with E-state index in [-0.39, 0.29) is 11.6 Å². The molecule has 22 heavy (non-hydrogen) atoms. The van der Waals surface area contributed by atoms with Gasteiger partial charge in [0.15, 0.2) is 0 Å². The lowest BCUT2D eigenvalue weighted by molar-refractivity contribution is -0.137. The first-order valence-corrected chi connectivity index (χ1v) is 8.85. The van der Waals surface area contributed by atoms with Crippen molar-refractivity contribution in [1.29, 1.82) is 0 Å². The monoisotopic (exact) mass is 296 g/mol. The van der Waals surface area contributed by atoms with E-state index >= 15 is 0 Å². The summed E-state index contributed by atoms with van der Waals surface area (Å²) in [7, 11) is 0. The minimum absolute atomic E-state index is 0.215. The zero-order chi connectivity index (χ0) is 14.9. The van der Waals surface area contributed by atoms with E-state index in [2.05, 4.69) is 41.4 Å². The van der Waals surface area contributed by atoms with Gasteiger partial charge >= 0.3 is 0 Å². The lowest BCUT2D eigenvalue weighted by Gasteiger charge is -2.48. The minimum atomic E-state index is -0.215. The van der Waals surface area contributed by atoms with E-state index < -0.39 is 0 Å². The first-order valence-electron chi connectivity index (χ1n) is 8.85. The number of nitrogens with one attached hydrogen (secondary N) is 1. The lowest BCUT2D eigenvalue weighted by Crippen LogP contribution is -2.61. The molecule has 2 heterocycles. The van der Waals surface area contributed by atoms with Crippen LogP contribution in [-0.2, 0) is 10.5 Å². The molecule has 5 atom stereocenters. The molecule has 3 nitrogen and oxygen atoms in total. The molecule has 5 rings (SSSR count). The minimum Gasteiger partial charge on any atom is -0.320 e. The average Bonchev–Trinajstić information content (AvgIpc) is 3.21. The molecule has 0 radical (unpaired) electrons. The van der Waals surface area contributed by atoms with E-state index in [4.69, 9.17) is 0 Å². The van der Waals surface area contributed by atoms with Crippen LogP contribution in [0.25, 0.3) is 0 Å². The lowest BCUT2D eigenvalue weighted by atomic mass is 9.72. The normalized spacial score (nSPS) is 42.6. The smallest absolute Gasteiger partial charge is 0.228 e. The summed E-state index contributed by atoms with van der Waals surface area (Å²) in [5.74, 6) is 2.59. The first kappa shape index (κ1) is 13.1. The maximum Gasteiger partial charge on any atom is 0.228 e. The van der Waals surface area contributed by atoms with E-state index in [9.17, 15) is 4.79 Å². The number of hydrogen-bond donors (Lipinski definition) is 1. The van der Waals surface area contributed by atoms with Crippen molar-refractivity contribution in [3.63, 3.8) is 0 Å². The zero-order valence-corrected chi connectivity index (χ0v) is 13.2. The van der Waals surface area contributed by atoms with Gasteiger partial charge in [-0.1, -0.05) is 29.8 Å². The fourth-order valence-electron chi connectivity index (χ4n) is 6.06. The molecule has 1 N–H and O–H groups in total. The Balaban J connectivity index is 1.69. The van der Waals surface area contributed by atoms with Gasteiger partial charge in [-0.2, -0.15) is 0 Å². The van der Waals surface area contributed by atoms with Gasteiger partial charge in [0.25, 0.3) is 0 Å². The van der Waals surface area contributed by atoms with Gasteiger partial charge in [-0.05, 0) is 56.6 Å². The van der Waals surface area contributed by atoms with Crippen LogP contribution in [0.15, 0.2) is 24.3 Å². The van der Waals surface area contributed by atoms with Crippen LogP contribution in [0.1, 0.15) is 36.8 Å². The summed E-state index contributed by atoms with van der Waals surface area (Å²) in [4.78, 5) is 15.4. The van der Waals surface area contributed by atoms with Crippen LogP contribution >= 0.6 is 0 Å². The molecule has 3 heteroatoms. The molecule has 2 aliphatic heterocycles. The molecule has 0 aromatic heterocycles. The molecule has 4 fully saturated rings. The molecule has 5 unspecified atom stereocenters. The van der Waals surface area contributed by atoms with Gasteiger partial charge in [0.05, 0.1) is 0 Å². The number of carbonyl (C=O) groups excluding carboxylic acids is 1. The molecule has 116 valence electrons. The van der Waals surface area contributed by atoms with E-state index in [1.807, 2.05) is 0 Å². The Morgan fingerprint density at radius 2 is 1.95 bits per heavy atom. The van der Waals surface area contributed by atoms with Gasteiger partial charge in [-0.3, -0.25) is 10.1 Å². The molecular formula is C19H24N2O. The molecule has 2 saturated heterocycles. The Bertz CT molecular complexity index is 625. The van der Waals surface area contributed by atoms with Crippen LogP contribution in [0.5, 0.6) is 0 Å². The SMILES string of the molecule is Cc1ccc(C23NCCCN2C(=O)C2C4CCC(C4)C23)cc1. The molecule has 1 aromatic carbocycles. The summed E-state index contributed by atoms with van der Waals surface area (Å²) >= 11 is 0. The second-order valence-electron chi connectivity index (χ2n) is 7.79. The highest BCUT2D eigenvalue weighted by atomic mass is 16.2. The van der Waals surface area contributed by atoms with Gasteiger partial charge in [0.2, 0.25) is 5.91 Å². The molecule has 2 aliphatic carbocycles. The molecule has 2 saturated carbocycles. The van der Waals surface area contributed by atoms with E-state index in [0.717, 1.165) is 25.4 Å². The standard InChI is InChI=1S/C19H24N2O/c1-12-3-7-15(8-4-12)19-17-14-6-5-13(11-14)16(17)18(22)21(19)10-2-9-20-19/h3-4,7-8,13-14,16-17,20H,2,5-6,9-11H2,1H3. The van der Waals surface area contributed by atoms with Gasteiger partial charge in [-0.25, -0.2) is 0 Å². The fraction of sp³-hybridized carbons (Fsp3) is 0.632. The molecule has 0 spiro atoms.